The zero-order valence-electron chi connectivity index (χ0n) is 9.50. The molecule has 0 fully saturated rings. The number of aryl methyl sites for hydroxylation is 1. The van der Waals surface area contributed by atoms with Gasteiger partial charge in [-0.3, -0.25) is 0 Å². The number of halogens is 1. The van der Waals surface area contributed by atoms with Gasteiger partial charge in [-0.2, -0.15) is 0 Å². The van der Waals surface area contributed by atoms with E-state index in [0.29, 0.717) is 17.6 Å². The minimum Gasteiger partial charge on any atom is -0.330 e. The van der Waals surface area contributed by atoms with Crippen molar-refractivity contribution in [1.82, 2.24) is 4.98 Å². The Balaban J connectivity index is 2.57. The summed E-state index contributed by atoms with van der Waals surface area (Å²) in [6.07, 6.45) is 0. The third-order valence-electron chi connectivity index (χ3n) is 2.89. The minimum atomic E-state index is 0.375. The number of aromatic nitrogens is 1. The lowest BCUT2D eigenvalue weighted by Crippen LogP contribution is -2.08. The van der Waals surface area contributed by atoms with Gasteiger partial charge >= 0.3 is 0 Å². The number of fused-ring (bicyclic) bond motifs is 1. The Morgan fingerprint density at radius 2 is 2.12 bits per heavy atom. The van der Waals surface area contributed by atoms with E-state index >= 15 is 0 Å². The largest absolute Gasteiger partial charge is 0.330 e. The molecular formula is C13H15ClN2. The van der Waals surface area contributed by atoms with Crippen LogP contribution in [0.4, 0.5) is 0 Å². The first-order valence-electron chi connectivity index (χ1n) is 5.38. The summed E-state index contributed by atoms with van der Waals surface area (Å²) in [6.45, 7) is 4.75. The van der Waals surface area contributed by atoms with Crippen molar-refractivity contribution in [3.63, 3.8) is 0 Å². The van der Waals surface area contributed by atoms with Crippen LogP contribution in [-0.2, 0) is 0 Å². The Morgan fingerprint density at radius 3 is 2.81 bits per heavy atom. The Bertz CT molecular complexity index is 523. The van der Waals surface area contributed by atoms with Crippen molar-refractivity contribution in [2.24, 2.45) is 5.73 Å². The molecule has 1 atom stereocenters. The number of hydrogen-bond acceptors (Lipinski definition) is 2. The number of rotatable bonds is 2. The molecule has 16 heavy (non-hydrogen) atoms. The maximum absolute atomic E-state index is 5.99. The van der Waals surface area contributed by atoms with Gasteiger partial charge in [-0.25, -0.2) is 4.98 Å². The first-order chi connectivity index (χ1) is 7.61. The Kier molecular flexibility index (Phi) is 3.13. The van der Waals surface area contributed by atoms with E-state index in [4.69, 9.17) is 17.3 Å². The average molecular weight is 235 g/mol. The predicted molar refractivity (Wildman–Crippen MR) is 69.0 cm³/mol. The molecule has 1 unspecified atom stereocenters. The van der Waals surface area contributed by atoms with Gasteiger partial charge in [-0.05, 0) is 48.7 Å². The summed E-state index contributed by atoms with van der Waals surface area (Å²) in [4.78, 5) is 4.34. The monoisotopic (exact) mass is 234 g/mol. The minimum absolute atomic E-state index is 0.375. The molecule has 1 aromatic heterocycles. The van der Waals surface area contributed by atoms with Gasteiger partial charge in [0, 0.05) is 5.39 Å². The molecule has 2 rings (SSSR count). The second-order valence-electron chi connectivity index (χ2n) is 4.18. The van der Waals surface area contributed by atoms with Crippen LogP contribution in [-0.4, -0.2) is 11.5 Å². The summed E-state index contributed by atoms with van der Waals surface area (Å²) in [5.74, 6) is 0.375. The molecule has 2 nitrogen and oxygen atoms in total. The third-order valence-corrected chi connectivity index (χ3v) is 3.27. The standard InChI is InChI=1S/C13H15ClN2/c1-8-5-11-6-10(9(2)7-15)3-4-12(11)16-13(8)14/h3-6,9H,7,15H2,1-2H3. The van der Waals surface area contributed by atoms with E-state index in [2.05, 4.69) is 30.1 Å². The average Bonchev–Trinajstić information content (AvgIpc) is 2.29. The fraction of sp³-hybridized carbons (Fsp3) is 0.308. The lowest BCUT2D eigenvalue weighted by molar-refractivity contribution is 0.775. The first kappa shape index (κ1) is 11.4. The molecule has 0 aliphatic carbocycles. The molecule has 0 aliphatic heterocycles. The van der Waals surface area contributed by atoms with Crippen molar-refractivity contribution >= 4 is 22.5 Å². The molecule has 84 valence electrons. The first-order valence-corrected chi connectivity index (χ1v) is 5.76. The molecule has 1 aromatic carbocycles. The van der Waals surface area contributed by atoms with Crippen LogP contribution in [0.2, 0.25) is 5.15 Å². The summed E-state index contributed by atoms with van der Waals surface area (Å²) in [5.41, 5.74) is 8.85. The van der Waals surface area contributed by atoms with Crippen LogP contribution in [0.25, 0.3) is 10.9 Å². The van der Waals surface area contributed by atoms with Crippen LogP contribution in [0, 0.1) is 6.92 Å². The lowest BCUT2D eigenvalue weighted by Gasteiger charge is -2.10. The molecule has 0 spiro atoms. The van der Waals surface area contributed by atoms with Crippen molar-refractivity contribution in [2.75, 3.05) is 6.54 Å². The van der Waals surface area contributed by atoms with E-state index in [9.17, 15) is 0 Å². The zero-order chi connectivity index (χ0) is 11.7. The van der Waals surface area contributed by atoms with E-state index in [1.807, 2.05) is 13.0 Å². The normalized spacial score (nSPS) is 13.0. The molecule has 0 aliphatic rings. The van der Waals surface area contributed by atoms with Gasteiger partial charge in [-0.1, -0.05) is 24.6 Å². The molecule has 0 amide bonds. The predicted octanol–water partition coefficient (Wildman–Crippen LogP) is 3.26. The number of benzene rings is 1. The van der Waals surface area contributed by atoms with Crippen LogP contribution in [0.15, 0.2) is 24.3 Å². The Labute approximate surface area is 100 Å². The molecule has 1 heterocycles. The molecule has 2 aromatic rings. The number of nitrogens with zero attached hydrogens (tertiary/aromatic N) is 1. The Hall–Kier alpha value is -1.12. The zero-order valence-corrected chi connectivity index (χ0v) is 10.3. The highest BCUT2D eigenvalue weighted by atomic mass is 35.5. The maximum Gasteiger partial charge on any atom is 0.132 e. The third kappa shape index (κ3) is 2.04. The van der Waals surface area contributed by atoms with Crippen molar-refractivity contribution in [2.45, 2.75) is 19.8 Å². The highest BCUT2D eigenvalue weighted by Gasteiger charge is 2.06. The Morgan fingerprint density at radius 1 is 1.38 bits per heavy atom. The fourth-order valence-electron chi connectivity index (χ4n) is 1.72. The van der Waals surface area contributed by atoms with E-state index in [1.54, 1.807) is 0 Å². The lowest BCUT2D eigenvalue weighted by atomic mass is 9.99. The molecular weight excluding hydrogens is 220 g/mol. The van der Waals surface area contributed by atoms with Crippen molar-refractivity contribution in [3.05, 3.63) is 40.5 Å². The highest BCUT2D eigenvalue weighted by Crippen LogP contribution is 2.23. The number of nitrogens with two attached hydrogens (primary N) is 1. The van der Waals surface area contributed by atoms with E-state index in [1.165, 1.54) is 5.56 Å². The van der Waals surface area contributed by atoms with Gasteiger partial charge in [0.05, 0.1) is 5.52 Å². The summed E-state index contributed by atoms with van der Waals surface area (Å²) in [6, 6.07) is 8.28. The molecule has 2 N–H and O–H groups in total. The van der Waals surface area contributed by atoms with Gasteiger partial charge in [0.25, 0.3) is 0 Å². The van der Waals surface area contributed by atoms with Gasteiger partial charge in [0.2, 0.25) is 0 Å². The van der Waals surface area contributed by atoms with Gasteiger partial charge in [0.1, 0.15) is 5.15 Å². The van der Waals surface area contributed by atoms with Crippen LogP contribution >= 0.6 is 11.6 Å². The van der Waals surface area contributed by atoms with Crippen molar-refractivity contribution in [1.29, 1.82) is 0 Å². The fourth-order valence-corrected chi connectivity index (χ4v) is 1.87. The molecule has 0 radical (unpaired) electrons. The van der Waals surface area contributed by atoms with Crippen LogP contribution in [0.3, 0.4) is 0 Å². The second kappa shape index (κ2) is 4.40. The molecule has 0 saturated heterocycles. The van der Waals surface area contributed by atoms with E-state index < -0.39 is 0 Å². The maximum atomic E-state index is 5.99. The van der Waals surface area contributed by atoms with E-state index in [-0.39, 0.29) is 0 Å². The van der Waals surface area contributed by atoms with Gasteiger partial charge < -0.3 is 5.73 Å². The van der Waals surface area contributed by atoms with Gasteiger partial charge in [0.15, 0.2) is 0 Å². The second-order valence-corrected chi connectivity index (χ2v) is 4.54. The van der Waals surface area contributed by atoms with Crippen LogP contribution in [0.5, 0.6) is 0 Å². The highest BCUT2D eigenvalue weighted by molar-refractivity contribution is 6.30. The SMILES string of the molecule is Cc1cc2cc(C(C)CN)ccc2nc1Cl. The summed E-state index contributed by atoms with van der Waals surface area (Å²) in [5, 5.41) is 1.70. The summed E-state index contributed by atoms with van der Waals surface area (Å²) < 4.78 is 0. The van der Waals surface area contributed by atoms with Crippen molar-refractivity contribution < 1.29 is 0 Å². The summed E-state index contributed by atoms with van der Waals surface area (Å²) in [7, 11) is 0. The van der Waals surface area contributed by atoms with Gasteiger partial charge in [-0.15, -0.1) is 0 Å². The smallest absolute Gasteiger partial charge is 0.132 e. The molecule has 0 bridgehead atoms. The molecule has 3 heteroatoms. The van der Waals surface area contributed by atoms with Crippen LogP contribution < -0.4 is 5.73 Å². The number of hydrogen-bond donors (Lipinski definition) is 1. The van der Waals surface area contributed by atoms with Crippen LogP contribution in [0.1, 0.15) is 24.0 Å². The quantitative estimate of drug-likeness (QED) is 0.811. The van der Waals surface area contributed by atoms with E-state index in [0.717, 1.165) is 16.5 Å². The topological polar surface area (TPSA) is 38.9 Å². The van der Waals surface area contributed by atoms with Crippen molar-refractivity contribution in [3.8, 4) is 0 Å². The summed E-state index contributed by atoms with van der Waals surface area (Å²) >= 11 is 5.99. The number of pyridine rings is 1. The molecule has 0 saturated carbocycles.